The third kappa shape index (κ3) is 4.48. The third-order valence-electron chi connectivity index (χ3n) is 4.64. The fourth-order valence-corrected chi connectivity index (χ4v) is 3.09. The van der Waals surface area contributed by atoms with Crippen molar-refractivity contribution in [2.45, 2.75) is 58.0 Å². The Hall–Kier alpha value is -1.54. The maximum atomic E-state index is 9.91. The van der Waals surface area contributed by atoms with Crippen LogP contribution in [-0.4, -0.2) is 18.3 Å². The van der Waals surface area contributed by atoms with Crippen LogP contribution in [0, 0.1) is 0 Å². The highest BCUT2D eigenvalue weighted by Gasteiger charge is 2.19. The Labute approximate surface area is 134 Å². The average molecular weight is 300 g/mol. The van der Waals surface area contributed by atoms with E-state index < -0.39 is 0 Å². The molecule has 0 radical (unpaired) electrons. The number of hydrogen-bond acceptors (Lipinski definition) is 2. The molecular weight excluding hydrogens is 272 g/mol. The van der Waals surface area contributed by atoms with Gasteiger partial charge in [-0.3, -0.25) is 0 Å². The lowest BCUT2D eigenvalue weighted by Crippen LogP contribution is -2.04. The molecule has 0 heterocycles. The predicted octanol–water partition coefficient (Wildman–Crippen LogP) is 5.00. The minimum Gasteiger partial charge on any atom is -0.497 e. The van der Waals surface area contributed by atoms with Crippen molar-refractivity contribution in [1.82, 2.24) is 0 Å². The minimum atomic E-state index is -0.191. The second kappa shape index (κ2) is 8.19. The molecule has 1 aromatic rings. The first-order valence-electron chi connectivity index (χ1n) is 8.27. The van der Waals surface area contributed by atoms with Crippen molar-refractivity contribution in [3.8, 4) is 5.75 Å². The van der Waals surface area contributed by atoms with E-state index in [2.05, 4.69) is 38.1 Å². The standard InChI is InChI=1S/C20H28O2/c1-15(17-9-7-10-18(14-17)22-3)8-5-4-6-11-19-16(2)12-13-20(19)21/h4-5,7,9-10,14-15,20-21H,6,8,11-13H2,1-3H3/b5-4+. The molecule has 0 bridgehead atoms. The molecule has 0 saturated heterocycles. The van der Waals surface area contributed by atoms with Gasteiger partial charge in [-0.1, -0.05) is 36.8 Å². The van der Waals surface area contributed by atoms with Crippen LogP contribution in [0.25, 0.3) is 0 Å². The molecule has 1 N–H and O–H groups in total. The van der Waals surface area contributed by atoms with Crippen LogP contribution < -0.4 is 4.74 Å². The Morgan fingerprint density at radius 3 is 2.86 bits per heavy atom. The lowest BCUT2D eigenvalue weighted by molar-refractivity contribution is 0.208. The van der Waals surface area contributed by atoms with E-state index in [9.17, 15) is 5.11 Å². The number of aliphatic hydroxyl groups is 1. The van der Waals surface area contributed by atoms with Crippen LogP contribution >= 0.6 is 0 Å². The van der Waals surface area contributed by atoms with Crippen molar-refractivity contribution >= 4 is 0 Å². The molecule has 1 aliphatic rings. The maximum Gasteiger partial charge on any atom is 0.119 e. The summed E-state index contributed by atoms with van der Waals surface area (Å²) in [4.78, 5) is 0. The highest BCUT2D eigenvalue weighted by molar-refractivity contribution is 5.30. The van der Waals surface area contributed by atoms with Gasteiger partial charge in [0, 0.05) is 0 Å². The number of aliphatic hydroxyl groups excluding tert-OH is 1. The molecule has 2 nitrogen and oxygen atoms in total. The molecule has 0 spiro atoms. The maximum absolute atomic E-state index is 9.91. The van der Waals surface area contributed by atoms with Crippen LogP contribution in [0.3, 0.4) is 0 Å². The van der Waals surface area contributed by atoms with Crippen LogP contribution in [0.5, 0.6) is 5.75 Å². The first kappa shape index (κ1) is 16.8. The summed E-state index contributed by atoms with van der Waals surface area (Å²) in [7, 11) is 1.71. The van der Waals surface area contributed by atoms with Gasteiger partial charge in [-0.25, -0.2) is 0 Å². The number of ether oxygens (including phenoxy) is 1. The Balaban J connectivity index is 1.78. The van der Waals surface area contributed by atoms with Crippen molar-refractivity contribution in [3.63, 3.8) is 0 Å². The van der Waals surface area contributed by atoms with Crippen molar-refractivity contribution in [2.24, 2.45) is 0 Å². The fourth-order valence-electron chi connectivity index (χ4n) is 3.09. The topological polar surface area (TPSA) is 29.5 Å². The van der Waals surface area contributed by atoms with Crippen molar-refractivity contribution in [2.75, 3.05) is 7.11 Å². The molecule has 120 valence electrons. The normalized spacial score (nSPS) is 19.9. The molecular formula is C20H28O2. The van der Waals surface area contributed by atoms with E-state index in [1.54, 1.807) is 7.11 Å². The average Bonchev–Trinajstić information content (AvgIpc) is 2.86. The van der Waals surface area contributed by atoms with Crippen LogP contribution in [0.2, 0.25) is 0 Å². The smallest absolute Gasteiger partial charge is 0.119 e. The number of hydrogen-bond donors (Lipinski definition) is 1. The van der Waals surface area contributed by atoms with Gasteiger partial charge in [0.15, 0.2) is 0 Å². The van der Waals surface area contributed by atoms with Gasteiger partial charge in [-0.05, 0) is 68.2 Å². The fraction of sp³-hybridized carbons (Fsp3) is 0.500. The van der Waals surface area contributed by atoms with Crippen LogP contribution in [-0.2, 0) is 0 Å². The molecule has 22 heavy (non-hydrogen) atoms. The van der Waals surface area contributed by atoms with Crippen molar-refractivity contribution < 1.29 is 9.84 Å². The molecule has 2 heteroatoms. The molecule has 0 aliphatic heterocycles. The van der Waals surface area contributed by atoms with Gasteiger partial charge in [-0.15, -0.1) is 0 Å². The van der Waals surface area contributed by atoms with Gasteiger partial charge < -0.3 is 9.84 Å². The van der Waals surface area contributed by atoms with Gasteiger partial charge in [-0.2, -0.15) is 0 Å². The van der Waals surface area contributed by atoms with E-state index in [-0.39, 0.29) is 6.10 Å². The van der Waals surface area contributed by atoms with Crippen molar-refractivity contribution in [3.05, 3.63) is 53.1 Å². The van der Waals surface area contributed by atoms with E-state index in [0.29, 0.717) is 5.92 Å². The number of benzene rings is 1. The second-order valence-electron chi connectivity index (χ2n) is 6.28. The van der Waals surface area contributed by atoms with Gasteiger partial charge in [0.05, 0.1) is 13.2 Å². The third-order valence-corrected chi connectivity index (χ3v) is 4.64. The summed E-state index contributed by atoms with van der Waals surface area (Å²) in [6, 6.07) is 8.30. The molecule has 2 rings (SSSR count). The number of rotatable bonds is 7. The van der Waals surface area contributed by atoms with Crippen molar-refractivity contribution in [1.29, 1.82) is 0 Å². The lowest BCUT2D eigenvalue weighted by Gasteiger charge is -2.11. The summed E-state index contributed by atoms with van der Waals surface area (Å²) in [6.45, 7) is 4.40. The summed E-state index contributed by atoms with van der Waals surface area (Å²) in [5, 5.41) is 9.91. The van der Waals surface area contributed by atoms with Crippen LogP contribution in [0.15, 0.2) is 47.6 Å². The first-order chi connectivity index (χ1) is 10.6. The molecule has 0 fully saturated rings. The summed E-state index contributed by atoms with van der Waals surface area (Å²) in [5.41, 5.74) is 3.98. The van der Waals surface area contributed by atoms with Gasteiger partial charge in [0.1, 0.15) is 5.75 Å². The van der Waals surface area contributed by atoms with E-state index in [4.69, 9.17) is 4.74 Å². The summed E-state index contributed by atoms with van der Waals surface area (Å²) in [5.74, 6) is 1.41. The monoisotopic (exact) mass is 300 g/mol. The summed E-state index contributed by atoms with van der Waals surface area (Å²) in [6.07, 6.45) is 9.36. The zero-order valence-corrected chi connectivity index (χ0v) is 14.0. The summed E-state index contributed by atoms with van der Waals surface area (Å²) < 4.78 is 5.28. The highest BCUT2D eigenvalue weighted by atomic mass is 16.5. The Morgan fingerprint density at radius 2 is 2.18 bits per heavy atom. The molecule has 0 amide bonds. The molecule has 1 aliphatic carbocycles. The van der Waals surface area contributed by atoms with E-state index in [1.165, 1.54) is 16.7 Å². The largest absolute Gasteiger partial charge is 0.497 e. The molecule has 0 saturated carbocycles. The van der Waals surface area contributed by atoms with Gasteiger partial charge in [0.2, 0.25) is 0 Å². The lowest BCUT2D eigenvalue weighted by atomic mass is 9.97. The zero-order chi connectivity index (χ0) is 15.9. The molecule has 0 aromatic heterocycles. The molecule has 2 unspecified atom stereocenters. The van der Waals surface area contributed by atoms with Crippen LogP contribution in [0.1, 0.15) is 57.4 Å². The number of allylic oxidation sites excluding steroid dienone is 3. The quantitative estimate of drug-likeness (QED) is 0.718. The number of methoxy groups -OCH3 is 1. The van der Waals surface area contributed by atoms with Gasteiger partial charge >= 0.3 is 0 Å². The zero-order valence-electron chi connectivity index (χ0n) is 14.0. The first-order valence-corrected chi connectivity index (χ1v) is 8.27. The molecule has 2 atom stereocenters. The summed E-state index contributed by atoms with van der Waals surface area (Å²) >= 11 is 0. The Morgan fingerprint density at radius 1 is 1.36 bits per heavy atom. The van der Waals surface area contributed by atoms with E-state index in [0.717, 1.165) is 37.9 Å². The highest BCUT2D eigenvalue weighted by Crippen LogP contribution is 2.29. The predicted molar refractivity (Wildman–Crippen MR) is 92.3 cm³/mol. The van der Waals surface area contributed by atoms with E-state index >= 15 is 0 Å². The minimum absolute atomic E-state index is 0.191. The second-order valence-corrected chi connectivity index (χ2v) is 6.28. The SMILES string of the molecule is COc1cccc(C(C)C/C=C/CCC2=C(C)CCC2O)c1. The van der Waals surface area contributed by atoms with Crippen LogP contribution in [0.4, 0.5) is 0 Å². The Kier molecular flexibility index (Phi) is 6.26. The molecule has 1 aromatic carbocycles. The van der Waals surface area contributed by atoms with Gasteiger partial charge in [0.25, 0.3) is 0 Å². The van der Waals surface area contributed by atoms with E-state index in [1.807, 2.05) is 12.1 Å². The Bertz CT molecular complexity index is 542.